The highest BCUT2D eigenvalue weighted by Gasteiger charge is 2.30. The van der Waals surface area contributed by atoms with E-state index in [0.29, 0.717) is 19.6 Å². The Bertz CT molecular complexity index is 927. The maximum atomic E-state index is 12.5. The number of fused-ring (bicyclic) bond motifs is 1. The van der Waals surface area contributed by atoms with Crippen molar-refractivity contribution in [3.8, 4) is 0 Å². The van der Waals surface area contributed by atoms with Gasteiger partial charge in [0.1, 0.15) is 6.54 Å². The quantitative estimate of drug-likeness (QED) is 0.525. The molecule has 0 bridgehead atoms. The van der Waals surface area contributed by atoms with Gasteiger partial charge in [-0.1, -0.05) is 42.5 Å². The normalized spacial score (nSPS) is 16.1. The van der Waals surface area contributed by atoms with Crippen LogP contribution in [-0.2, 0) is 20.9 Å². The summed E-state index contributed by atoms with van der Waals surface area (Å²) in [5, 5.41) is 16.5. The SMILES string of the molecule is CNCC(=O)N1CCCC1CN(CC(=O)NCC(=O)O)Cc1cccc2ccccc12. The van der Waals surface area contributed by atoms with Crippen LogP contribution >= 0.6 is 0 Å². The van der Waals surface area contributed by atoms with Crippen LogP contribution in [0.4, 0.5) is 0 Å². The first-order chi connectivity index (χ1) is 15.0. The average Bonchev–Trinajstić information content (AvgIpc) is 3.21. The molecule has 8 nitrogen and oxygen atoms in total. The van der Waals surface area contributed by atoms with Gasteiger partial charge in [0.2, 0.25) is 11.8 Å². The summed E-state index contributed by atoms with van der Waals surface area (Å²) >= 11 is 0. The molecular formula is C23H30N4O4. The Hall–Kier alpha value is -2.97. The number of aliphatic carboxylic acids is 1. The summed E-state index contributed by atoms with van der Waals surface area (Å²) in [4.78, 5) is 39.6. The second-order valence-electron chi connectivity index (χ2n) is 7.89. The molecule has 0 spiro atoms. The number of carbonyl (C=O) groups is 3. The number of nitrogens with zero attached hydrogens (tertiary/aromatic N) is 2. The smallest absolute Gasteiger partial charge is 0.322 e. The summed E-state index contributed by atoms with van der Waals surface area (Å²) in [6, 6.07) is 14.2. The van der Waals surface area contributed by atoms with Gasteiger partial charge in [0, 0.05) is 25.7 Å². The van der Waals surface area contributed by atoms with Gasteiger partial charge >= 0.3 is 5.97 Å². The van der Waals surface area contributed by atoms with E-state index in [1.165, 1.54) is 0 Å². The van der Waals surface area contributed by atoms with Crippen LogP contribution in [0.25, 0.3) is 10.8 Å². The molecule has 3 rings (SSSR count). The minimum absolute atomic E-state index is 0.0306. The number of likely N-dealkylation sites (N-methyl/N-ethyl adjacent to an activating group) is 1. The minimum Gasteiger partial charge on any atom is -0.480 e. The molecule has 2 amide bonds. The molecule has 2 aromatic carbocycles. The first-order valence-electron chi connectivity index (χ1n) is 10.6. The zero-order chi connectivity index (χ0) is 22.2. The molecule has 3 N–H and O–H groups in total. The van der Waals surface area contributed by atoms with Crippen molar-refractivity contribution in [1.29, 1.82) is 0 Å². The van der Waals surface area contributed by atoms with Crippen LogP contribution in [0.15, 0.2) is 42.5 Å². The summed E-state index contributed by atoms with van der Waals surface area (Å²) < 4.78 is 0. The fourth-order valence-electron chi connectivity index (χ4n) is 4.19. The number of carbonyl (C=O) groups excluding carboxylic acids is 2. The molecule has 166 valence electrons. The first-order valence-corrected chi connectivity index (χ1v) is 10.6. The summed E-state index contributed by atoms with van der Waals surface area (Å²) in [5.74, 6) is -1.35. The predicted molar refractivity (Wildman–Crippen MR) is 119 cm³/mol. The molecule has 2 aromatic rings. The van der Waals surface area contributed by atoms with Crippen molar-refractivity contribution in [2.75, 3.05) is 39.8 Å². The van der Waals surface area contributed by atoms with E-state index in [0.717, 1.165) is 35.7 Å². The van der Waals surface area contributed by atoms with Gasteiger partial charge in [-0.3, -0.25) is 19.3 Å². The molecule has 1 atom stereocenters. The molecule has 0 aromatic heterocycles. The fraction of sp³-hybridized carbons (Fsp3) is 0.435. The Kier molecular flexibility index (Phi) is 7.97. The Balaban J connectivity index is 1.78. The van der Waals surface area contributed by atoms with Crippen molar-refractivity contribution < 1.29 is 19.5 Å². The van der Waals surface area contributed by atoms with Gasteiger partial charge in [0.25, 0.3) is 0 Å². The van der Waals surface area contributed by atoms with E-state index in [9.17, 15) is 14.4 Å². The molecule has 1 heterocycles. The number of amides is 2. The van der Waals surface area contributed by atoms with Crippen molar-refractivity contribution in [2.45, 2.75) is 25.4 Å². The Morgan fingerprint density at radius 1 is 1.13 bits per heavy atom. The number of hydrogen-bond acceptors (Lipinski definition) is 5. The van der Waals surface area contributed by atoms with Gasteiger partial charge in [-0.15, -0.1) is 0 Å². The number of benzene rings is 2. The van der Waals surface area contributed by atoms with Crippen molar-refractivity contribution in [3.05, 3.63) is 48.0 Å². The predicted octanol–water partition coefficient (Wildman–Crippen LogP) is 1.05. The summed E-state index contributed by atoms with van der Waals surface area (Å²) in [7, 11) is 1.75. The van der Waals surface area contributed by atoms with E-state index in [-0.39, 0.29) is 24.4 Å². The second kappa shape index (κ2) is 10.9. The highest BCUT2D eigenvalue weighted by Crippen LogP contribution is 2.22. The monoisotopic (exact) mass is 426 g/mol. The van der Waals surface area contributed by atoms with Crippen LogP contribution in [0.1, 0.15) is 18.4 Å². The number of likely N-dealkylation sites (tertiary alicyclic amines) is 1. The zero-order valence-corrected chi connectivity index (χ0v) is 17.8. The van der Waals surface area contributed by atoms with E-state index in [4.69, 9.17) is 5.11 Å². The largest absolute Gasteiger partial charge is 0.480 e. The number of rotatable bonds is 10. The lowest BCUT2D eigenvalue weighted by Gasteiger charge is -2.31. The molecule has 8 heteroatoms. The molecule has 1 saturated heterocycles. The number of hydrogen-bond donors (Lipinski definition) is 3. The van der Waals surface area contributed by atoms with E-state index in [1.807, 2.05) is 34.1 Å². The molecule has 0 radical (unpaired) electrons. The van der Waals surface area contributed by atoms with Gasteiger partial charge in [-0.05, 0) is 36.2 Å². The first kappa shape index (κ1) is 22.7. The Morgan fingerprint density at radius 3 is 2.68 bits per heavy atom. The Labute approximate surface area is 182 Å². The Morgan fingerprint density at radius 2 is 1.90 bits per heavy atom. The molecule has 1 unspecified atom stereocenters. The van der Waals surface area contributed by atoms with Gasteiger partial charge in [-0.25, -0.2) is 0 Å². The van der Waals surface area contributed by atoms with Crippen LogP contribution in [0.2, 0.25) is 0 Å². The number of nitrogens with one attached hydrogen (secondary N) is 2. The summed E-state index contributed by atoms with van der Waals surface area (Å²) in [6.07, 6.45) is 1.83. The maximum Gasteiger partial charge on any atom is 0.322 e. The summed E-state index contributed by atoms with van der Waals surface area (Å²) in [6.45, 7) is 1.77. The highest BCUT2D eigenvalue weighted by molar-refractivity contribution is 5.86. The third-order valence-corrected chi connectivity index (χ3v) is 5.57. The molecule has 0 aliphatic carbocycles. The molecule has 1 aliphatic heterocycles. The van der Waals surface area contributed by atoms with Gasteiger partial charge in [-0.2, -0.15) is 0 Å². The van der Waals surface area contributed by atoms with Gasteiger partial charge in [0.05, 0.1) is 13.1 Å². The lowest BCUT2D eigenvalue weighted by Crippen LogP contribution is -2.48. The lowest BCUT2D eigenvalue weighted by molar-refractivity contribution is -0.138. The zero-order valence-electron chi connectivity index (χ0n) is 17.8. The molecular weight excluding hydrogens is 396 g/mol. The topological polar surface area (TPSA) is 102 Å². The average molecular weight is 427 g/mol. The molecule has 0 saturated carbocycles. The van der Waals surface area contributed by atoms with E-state index >= 15 is 0 Å². The maximum absolute atomic E-state index is 12.5. The van der Waals surface area contributed by atoms with Gasteiger partial charge in [0.15, 0.2) is 0 Å². The minimum atomic E-state index is -1.08. The van der Waals surface area contributed by atoms with E-state index < -0.39 is 12.5 Å². The molecule has 1 fully saturated rings. The molecule has 31 heavy (non-hydrogen) atoms. The highest BCUT2D eigenvalue weighted by atomic mass is 16.4. The van der Waals surface area contributed by atoms with Gasteiger partial charge < -0.3 is 20.6 Å². The standard InChI is InChI=1S/C23H30N4O4/c1-24-12-22(29)27-11-5-9-19(27)15-26(16-21(28)25-13-23(30)31)14-18-8-4-7-17-6-2-3-10-20(17)18/h2-4,6-8,10,19,24H,5,9,11-16H2,1H3,(H,25,28)(H,30,31). The number of carboxylic acids is 1. The third-order valence-electron chi connectivity index (χ3n) is 5.57. The van der Waals surface area contributed by atoms with Crippen LogP contribution < -0.4 is 10.6 Å². The van der Waals surface area contributed by atoms with E-state index in [1.54, 1.807) is 7.05 Å². The summed E-state index contributed by atoms with van der Waals surface area (Å²) in [5.41, 5.74) is 1.09. The van der Waals surface area contributed by atoms with Crippen molar-refractivity contribution in [3.63, 3.8) is 0 Å². The van der Waals surface area contributed by atoms with Crippen LogP contribution in [0.3, 0.4) is 0 Å². The van der Waals surface area contributed by atoms with Crippen molar-refractivity contribution in [2.24, 2.45) is 0 Å². The second-order valence-corrected chi connectivity index (χ2v) is 7.89. The van der Waals surface area contributed by atoms with E-state index in [2.05, 4.69) is 28.8 Å². The van der Waals surface area contributed by atoms with Crippen LogP contribution in [-0.4, -0.2) is 78.5 Å². The fourth-order valence-corrected chi connectivity index (χ4v) is 4.19. The van der Waals surface area contributed by atoms with Crippen molar-refractivity contribution in [1.82, 2.24) is 20.4 Å². The molecule has 1 aliphatic rings. The van der Waals surface area contributed by atoms with Crippen LogP contribution in [0.5, 0.6) is 0 Å². The lowest BCUT2D eigenvalue weighted by atomic mass is 10.0. The van der Waals surface area contributed by atoms with Crippen LogP contribution in [0, 0.1) is 0 Å². The number of carboxylic acid groups (broad SMARTS) is 1. The van der Waals surface area contributed by atoms with Crippen molar-refractivity contribution >= 4 is 28.6 Å². The third kappa shape index (κ3) is 6.26.